The van der Waals surface area contributed by atoms with E-state index in [0.717, 1.165) is 29.1 Å². The molecule has 0 bridgehead atoms. The first-order valence-electron chi connectivity index (χ1n) is 6.58. The summed E-state index contributed by atoms with van der Waals surface area (Å²) in [6, 6.07) is 4.68. The third-order valence-corrected chi connectivity index (χ3v) is 3.98. The van der Waals surface area contributed by atoms with Crippen molar-refractivity contribution >= 4 is 21.7 Å². The van der Waals surface area contributed by atoms with Crippen LogP contribution in [0.1, 0.15) is 32.4 Å². The van der Waals surface area contributed by atoms with Crippen LogP contribution >= 0.6 is 15.9 Å². The number of pyridine rings is 1. The van der Waals surface area contributed by atoms with E-state index in [4.69, 9.17) is 0 Å². The molecule has 0 fully saturated rings. The van der Waals surface area contributed by atoms with Gasteiger partial charge in [0.25, 0.3) is 0 Å². The van der Waals surface area contributed by atoms with Crippen molar-refractivity contribution in [1.82, 2.24) is 9.88 Å². The molecule has 4 heteroatoms. The van der Waals surface area contributed by atoms with Crippen LogP contribution in [0.15, 0.2) is 16.6 Å². The number of halogens is 1. The van der Waals surface area contributed by atoms with E-state index in [1.165, 1.54) is 12.8 Å². The number of nitrogens with one attached hydrogen (secondary N) is 1. The number of nitrogens with zero attached hydrogens (tertiary/aromatic N) is 2. The Balaban J connectivity index is 2.20. The fourth-order valence-corrected chi connectivity index (χ4v) is 1.82. The highest BCUT2D eigenvalue weighted by Crippen LogP contribution is 2.16. The van der Waals surface area contributed by atoms with Gasteiger partial charge in [-0.1, -0.05) is 0 Å². The Morgan fingerprint density at radius 2 is 2.06 bits per heavy atom. The first-order valence-corrected chi connectivity index (χ1v) is 7.37. The maximum absolute atomic E-state index is 4.47. The average Bonchev–Trinajstić information content (AvgIpc) is 2.32. The summed E-state index contributed by atoms with van der Waals surface area (Å²) >= 11 is 3.46. The van der Waals surface area contributed by atoms with Gasteiger partial charge in [0.15, 0.2) is 0 Å². The molecule has 1 rings (SSSR count). The fraction of sp³-hybridized carbons (Fsp3) is 0.643. The number of rotatable bonds is 7. The Hall–Kier alpha value is -0.610. The molecule has 0 spiro atoms. The molecule has 0 atom stereocenters. The Morgan fingerprint density at radius 3 is 2.67 bits per heavy atom. The summed E-state index contributed by atoms with van der Waals surface area (Å²) < 4.78 is 1.06. The molecule has 0 aliphatic carbocycles. The Labute approximate surface area is 119 Å². The lowest BCUT2D eigenvalue weighted by atomic mass is 10.2. The van der Waals surface area contributed by atoms with Crippen LogP contribution < -0.4 is 5.32 Å². The zero-order valence-corrected chi connectivity index (χ0v) is 13.4. The number of hydrogen-bond acceptors (Lipinski definition) is 3. The van der Waals surface area contributed by atoms with Gasteiger partial charge >= 0.3 is 0 Å². The van der Waals surface area contributed by atoms with Crippen molar-refractivity contribution in [3.05, 3.63) is 22.3 Å². The molecule has 1 aromatic rings. The summed E-state index contributed by atoms with van der Waals surface area (Å²) in [5.41, 5.74) is 1.03. The van der Waals surface area contributed by atoms with Gasteiger partial charge in [0.1, 0.15) is 5.82 Å². The van der Waals surface area contributed by atoms with Crippen molar-refractivity contribution in [2.45, 2.75) is 39.7 Å². The van der Waals surface area contributed by atoms with E-state index < -0.39 is 0 Å². The van der Waals surface area contributed by atoms with Gasteiger partial charge in [-0.15, -0.1) is 0 Å². The first kappa shape index (κ1) is 15.4. The molecule has 0 saturated heterocycles. The predicted octanol–water partition coefficient (Wildman–Crippen LogP) is 3.68. The van der Waals surface area contributed by atoms with Crippen LogP contribution in [0.4, 0.5) is 5.82 Å². The van der Waals surface area contributed by atoms with Crippen molar-refractivity contribution in [3.63, 3.8) is 0 Å². The van der Waals surface area contributed by atoms with E-state index in [1.807, 2.05) is 19.1 Å². The van der Waals surface area contributed by atoms with E-state index in [9.17, 15) is 0 Å². The average molecular weight is 314 g/mol. The van der Waals surface area contributed by atoms with Crippen LogP contribution in [0.25, 0.3) is 0 Å². The summed E-state index contributed by atoms with van der Waals surface area (Å²) in [5.74, 6) is 0.966. The van der Waals surface area contributed by atoms with E-state index in [-0.39, 0.29) is 0 Å². The standard InChI is InChI=1S/C14H24BrN3/c1-11(2)18(4)10-6-5-9-16-14-8-7-13(15)12(3)17-14/h7-8,11H,5-6,9-10H2,1-4H3,(H,16,17). The maximum atomic E-state index is 4.47. The first-order chi connectivity index (χ1) is 8.50. The second-order valence-corrected chi connectivity index (χ2v) is 5.83. The Kier molecular flexibility index (Phi) is 6.65. The van der Waals surface area contributed by atoms with Gasteiger partial charge in [-0.05, 0) is 75.3 Å². The van der Waals surface area contributed by atoms with E-state index in [2.05, 4.69) is 52.0 Å². The molecule has 1 N–H and O–H groups in total. The molecular weight excluding hydrogens is 290 g/mol. The number of aryl methyl sites for hydroxylation is 1. The van der Waals surface area contributed by atoms with Crippen molar-refractivity contribution in [2.24, 2.45) is 0 Å². The van der Waals surface area contributed by atoms with Gasteiger partial charge in [-0.3, -0.25) is 0 Å². The molecule has 1 heterocycles. The largest absolute Gasteiger partial charge is 0.370 e. The van der Waals surface area contributed by atoms with E-state index in [0.29, 0.717) is 6.04 Å². The van der Waals surface area contributed by atoms with Crippen LogP contribution in [-0.4, -0.2) is 36.1 Å². The quantitative estimate of drug-likeness (QED) is 0.778. The smallest absolute Gasteiger partial charge is 0.126 e. The second-order valence-electron chi connectivity index (χ2n) is 4.97. The third-order valence-electron chi connectivity index (χ3n) is 3.15. The van der Waals surface area contributed by atoms with Gasteiger partial charge in [-0.2, -0.15) is 0 Å². The number of anilines is 1. The summed E-state index contributed by atoms with van der Waals surface area (Å²) in [6.45, 7) is 8.61. The lowest BCUT2D eigenvalue weighted by Gasteiger charge is -2.20. The van der Waals surface area contributed by atoms with Crippen molar-refractivity contribution < 1.29 is 0 Å². The molecule has 1 aromatic heterocycles. The molecule has 0 saturated carbocycles. The second kappa shape index (κ2) is 7.74. The minimum Gasteiger partial charge on any atom is -0.370 e. The van der Waals surface area contributed by atoms with Crippen molar-refractivity contribution in [2.75, 3.05) is 25.5 Å². The minimum absolute atomic E-state index is 0.633. The van der Waals surface area contributed by atoms with Gasteiger partial charge < -0.3 is 10.2 Å². The number of aromatic nitrogens is 1. The van der Waals surface area contributed by atoms with Gasteiger partial charge in [-0.25, -0.2) is 4.98 Å². The number of unbranched alkanes of at least 4 members (excludes halogenated alkanes) is 1. The van der Waals surface area contributed by atoms with Crippen LogP contribution in [0, 0.1) is 6.92 Å². The normalized spacial score (nSPS) is 11.3. The highest BCUT2D eigenvalue weighted by molar-refractivity contribution is 9.10. The monoisotopic (exact) mass is 313 g/mol. The third kappa shape index (κ3) is 5.36. The lowest BCUT2D eigenvalue weighted by molar-refractivity contribution is 0.269. The molecule has 0 radical (unpaired) electrons. The Bertz CT molecular complexity index is 366. The number of hydrogen-bond donors (Lipinski definition) is 1. The van der Waals surface area contributed by atoms with Crippen molar-refractivity contribution in [1.29, 1.82) is 0 Å². The molecule has 0 aliphatic rings. The molecule has 3 nitrogen and oxygen atoms in total. The predicted molar refractivity (Wildman–Crippen MR) is 82.2 cm³/mol. The molecule has 102 valence electrons. The topological polar surface area (TPSA) is 28.2 Å². The molecule has 0 aliphatic heterocycles. The summed E-state index contributed by atoms with van der Waals surface area (Å²) in [6.07, 6.45) is 2.39. The SMILES string of the molecule is Cc1nc(NCCCCN(C)C(C)C)ccc1Br. The van der Waals surface area contributed by atoms with Gasteiger partial charge in [0.2, 0.25) is 0 Å². The maximum Gasteiger partial charge on any atom is 0.126 e. The summed E-state index contributed by atoms with van der Waals surface area (Å²) in [7, 11) is 2.18. The fourth-order valence-electron chi connectivity index (χ4n) is 1.60. The summed E-state index contributed by atoms with van der Waals surface area (Å²) in [4.78, 5) is 6.84. The minimum atomic E-state index is 0.633. The summed E-state index contributed by atoms with van der Waals surface area (Å²) in [5, 5.41) is 3.37. The molecule has 0 aromatic carbocycles. The Morgan fingerprint density at radius 1 is 1.33 bits per heavy atom. The van der Waals surface area contributed by atoms with E-state index >= 15 is 0 Å². The highest BCUT2D eigenvalue weighted by atomic mass is 79.9. The lowest BCUT2D eigenvalue weighted by Crippen LogP contribution is -2.27. The zero-order chi connectivity index (χ0) is 13.5. The molecule has 0 unspecified atom stereocenters. The van der Waals surface area contributed by atoms with Crippen LogP contribution in [0.2, 0.25) is 0 Å². The van der Waals surface area contributed by atoms with Gasteiger partial charge in [0.05, 0.1) is 5.69 Å². The molecule has 18 heavy (non-hydrogen) atoms. The molecule has 0 amide bonds. The van der Waals surface area contributed by atoms with Gasteiger partial charge in [0, 0.05) is 17.1 Å². The molecular formula is C14H24BrN3. The van der Waals surface area contributed by atoms with E-state index in [1.54, 1.807) is 0 Å². The van der Waals surface area contributed by atoms with Crippen molar-refractivity contribution in [3.8, 4) is 0 Å². The van der Waals surface area contributed by atoms with Crippen LogP contribution in [0.3, 0.4) is 0 Å². The highest BCUT2D eigenvalue weighted by Gasteiger charge is 2.02. The van der Waals surface area contributed by atoms with Crippen LogP contribution in [-0.2, 0) is 0 Å². The van der Waals surface area contributed by atoms with Crippen LogP contribution in [0.5, 0.6) is 0 Å². The zero-order valence-electron chi connectivity index (χ0n) is 11.8.